The van der Waals surface area contributed by atoms with Crippen molar-refractivity contribution >= 4 is 5.71 Å². The molecule has 3 rings (SSSR count). The maximum absolute atomic E-state index is 9.59. The molecule has 0 spiro atoms. The Bertz CT molecular complexity index is 687. The number of rotatable bonds is 2. The highest BCUT2D eigenvalue weighted by Gasteiger charge is 2.58. The third kappa shape index (κ3) is 1.75. The fraction of sp³-hybridized carbons (Fsp3) is 0.529. The van der Waals surface area contributed by atoms with E-state index in [0.717, 1.165) is 37.0 Å². The molecule has 21 heavy (non-hydrogen) atoms. The summed E-state index contributed by atoms with van der Waals surface area (Å²) in [5.41, 5.74) is 1.56. The molecule has 0 aliphatic heterocycles. The van der Waals surface area contributed by atoms with Crippen LogP contribution in [-0.4, -0.2) is 5.71 Å². The number of fused-ring (bicyclic) bond motifs is 1. The molecular weight excluding hydrogens is 260 g/mol. The topological polar surface area (TPSA) is 83.7 Å². The minimum Gasteiger partial charge on any atom is -0.260 e. The van der Waals surface area contributed by atoms with Crippen molar-refractivity contribution in [2.45, 2.75) is 32.6 Å². The molecule has 0 radical (unpaired) electrons. The smallest absolute Gasteiger partial charge is 0.183 e. The Labute approximate surface area is 124 Å². The molecule has 3 aliphatic carbocycles. The first-order valence-corrected chi connectivity index (χ1v) is 7.29. The van der Waals surface area contributed by atoms with E-state index < -0.39 is 5.41 Å². The van der Waals surface area contributed by atoms with E-state index in [9.17, 15) is 15.8 Å². The number of nitriles is 3. The molecule has 0 heterocycles. The summed E-state index contributed by atoms with van der Waals surface area (Å²) in [6, 6.07) is 6.34. The molecule has 0 N–H and O–H groups in total. The van der Waals surface area contributed by atoms with Crippen molar-refractivity contribution in [1.82, 2.24) is 0 Å². The van der Waals surface area contributed by atoms with Crippen molar-refractivity contribution < 1.29 is 0 Å². The minimum atomic E-state index is -1.35. The molecule has 0 aromatic rings. The summed E-state index contributed by atoms with van der Waals surface area (Å²) in [5, 5.41) is 28.7. The lowest BCUT2D eigenvalue weighted by Gasteiger charge is -2.20. The second kappa shape index (κ2) is 4.57. The van der Waals surface area contributed by atoms with Crippen LogP contribution in [0.4, 0.5) is 0 Å². The molecule has 2 fully saturated rings. The van der Waals surface area contributed by atoms with Gasteiger partial charge in [0.05, 0.1) is 29.5 Å². The monoisotopic (exact) mass is 276 g/mol. The van der Waals surface area contributed by atoms with E-state index in [0.29, 0.717) is 11.6 Å². The predicted molar refractivity (Wildman–Crippen MR) is 77.5 cm³/mol. The van der Waals surface area contributed by atoms with Crippen molar-refractivity contribution in [3.63, 3.8) is 0 Å². The van der Waals surface area contributed by atoms with Gasteiger partial charge in [-0.3, -0.25) is 4.99 Å². The van der Waals surface area contributed by atoms with Crippen LogP contribution in [0, 0.1) is 57.2 Å². The first kappa shape index (κ1) is 13.6. The van der Waals surface area contributed by atoms with Gasteiger partial charge >= 0.3 is 0 Å². The molecule has 104 valence electrons. The number of aliphatic imine (C=N–C) groups is 1. The van der Waals surface area contributed by atoms with E-state index >= 15 is 0 Å². The second-order valence-corrected chi connectivity index (χ2v) is 6.21. The molecule has 0 aromatic carbocycles. The Morgan fingerprint density at radius 2 is 1.90 bits per heavy atom. The van der Waals surface area contributed by atoms with Gasteiger partial charge in [0.15, 0.2) is 5.41 Å². The average molecular weight is 276 g/mol. The van der Waals surface area contributed by atoms with Crippen LogP contribution < -0.4 is 0 Å². The lowest BCUT2D eigenvalue weighted by atomic mass is 9.74. The first-order chi connectivity index (χ1) is 10.1. The van der Waals surface area contributed by atoms with Gasteiger partial charge in [0, 0.05) is 17.5 Å². The number of nitrogens with zero attached hydrogens (tertiary/aromatic N) is 4. The van der Waals surface area contributed by atoms with E-state index in [4.69, 9.17) is 0 Å². The lowest BCUT2D eigenvalue weighted by Crippen LogP contribution is -2.26. The van der Waals surface area contributed by atoms with Gasteiger partial charge < -0.3 is 0 Å². The summed E-state index contributed by atoms with van der Waals surface area (Å²) in [6.07, 6.45) is 3.82. The van der Waals surface area contributed by atoms with Crippen LogP contribution in [0.2, 0.25) is 0 Å². The van der Waals surface area contributed by atoms with Crippen LogP contribution in [0.5, 0.6) is 0 Å². The SMILES string of the molecule is C=C1CCC2C1C(N=C(C)C1CC1)=C(C#N)C2(C#N)C#N. The minimum absolute atomic E-state index is 0.104. The van der Waals surface area contributed by atoms with Crippen molar-refractivity contribution in [1.29, 1.82) is 15.8 Å². The van der Waals surface area contributed by atoms with Crippen LogP contribution in [-0.2, 0) is 0 Å². The van der Waals surface area contributed by atoms with Crippen molar-refractivity contribution in [2.24, 2.45) is 28.2 Å². The van der Waals surface area contributed by atoms with Gasteiger partial charge in [0.1, 0.15) is 0 Å². The number of hydrogen-bond acceptors (Lipinski definition) is 4. The first-order valence-electron chi connectivity index (χ1n) is 7.29. The highest BCUT2D eigenvalue weighted by molar-refractivity contribution is 5.87. The van der Waals surface area contributed by atoms with Gasteiger partial charge in [0.25, 0.3) is 0 Å². The van der Waals surface area contributed by atoms with Gasteiger partial charge in [-0.05, 0) is 38.5 Å². The molecule has 0 aromatic heterocycles. The molecule has 2 unspecified atom stereocenters. The largest absolute Gasteiger partial charge is 0.260 e. The van der Waals surface area contributed by atoms with Crippen molar-refractivity contribution in [2.75, 3.05) is 0 Å². The number of allylic oxidation sites excluding steroid dienone is 2. The standard InChI is InChI=1S/C17H16N4/c1-10-3-6-13-15(10)16(21-11(2)12-4-5-12)14(7-18)17(13,8-19)9-20/h12-13,15H,1,3-6H2,2H3. The Balaban J connectivity index is 2.19. The van der Waals surface area contributed by atoms with E-state index in [1.54, 1.807) is 0 Å². The van der Waals surface area contributed by atoms with Gasteiger partial charge in [-0.25, -0.2) is 0 Å². The fourth-order valence-corrected chi connectivity index (χ4v) is 3.70. The van der Waals surface area contributed by atoms with E-state index in [1.807, 2.05) is 6.92 Å². The third-order valence-corrected chi connectivity index (χ3v) is 5.05. The van der Waals surface area contributed by atoms with Gasteiger partial charge in [0.2, 0.25) is 0 Å². The molecule has 0 saturated heterocycles. The highest BCUT2D eigenvalue weighted by Crippen LogP contribution is 2.59. The summed E-state index contributed by atoms with van der Waals surface area (Å²) in [4.78, 5) is 4.69. The quantitative estimate of drug-likeness (QED) is 0.573. The van der Waals surface area contributed by atoms with Crippen LogP contribution in [0.15, 0.2) is 28.4 Å². The van der Waals surface area contributed by atoms with Gasteiger partial charge in [-0.15, -0.1) is 0 Å². The lowest BCUT2D eigenvalue weighted by molar-refractivity contribution is 0.368. The number of hydrogen-bond donors (Lipinski definition) is 0. The van der Waals surface area contributed by atoms with Gasteiger partial charge in [-0.1, -0.05) is 12.2 Å². The molecule has 0 amide bonds. The van der Waals surface area contributed by atoms with Crippen molar-refractivity contribution in [3.8, 4) is 18.2 Å². The van der Waals surface area contributed by atoms with Crippen LogP contribution in [0.25, 0.3) is 0 Å². The Morgan fingerprint density at radius 3 is 2.43 bits per heavy atom. The molecule has 0 bridgehead atoms. The predicted octanol–water partition coefficient (Wildman–Crippen LogP) is 3.26. The molecule has 4 nitrogen and oxygen atoms in total. The molecule has 2 saturated carbocycles. The maximum Gasteiger partial charge on any atom is 0.183 e. The van der Waals surface area contributed by atoms with E-state index in [2.05, 4.69) is 29.8 Å². The summed E-state index contributed by atoms with van der Waals surface area (Å²) < 4.78 is 0. The zero-order valence-electron chi connectivity index (χ0n) is 12.1. The van der Waals surface area contributed by atoms with Crippen molar-refractivity contribution in [3.05, 3.63) is 23.4 Å². The van der Waals surface area contributed by atoms with Crippen LogP contribution >= 0.6 is 0 Å². The zero-order chi connectivity index (χ0) is 15.2. The maximum atomic E-state index is 9.59. The molecule has 3 aliphatic rings. The Morgan fingerprint density at radius 1 is 1.24 bits per heavy atom. The van der Waals surface area contributed by atoms with Gasteiger partial charge in [-0.2, -0.15) is 15.8 Å². The van der Waals surface area contributed by atoms with Crippen LogP contribution in [0.1, 0.15) is 32.6 Å². The summed E-state index contributed by atoms with van der Waals surface area (Å²) >= 11 is 0. The normalized spacial score (nSPS) is 30.6. The Kier molecular flexibility index (Phi) is 2.96. The Hall–Kier alpha value is -2.38. The zero-order valence-corrected chi connectivity index (χ0v) is 12.1. The summed E-state index contributed by atoms with van der Waals surface area (Å²) in [5.74, 6) is 0.234. The second-order valence-electron chi connectivity index (χ2n) is 6.21. The molecular formula is C17H16N4. The van der Waals surface area contributed by atoms with Crippen LogP contribution in [0.3, 0.4) is 0 Å². The van der Waals surface area contributed by atoms with E-state index in [-0.39, 0.29) is 17.4 Å². The fourth-order valence-electron chi connectivity index (χ4n) is 3.70. The summed E-state index contributed by atoms with van der Waals surface area (Å²) in [7, 11) is 0. The summed E-state index contributed by atoms with van der Waals surface area (Å²) in [6.45, 7) is 6.06. The molecule has 4 heteroatoms. The molecule has 2 atom stereocenters. The van der Waals surface area contributed by atoms with E-state index in [1.165, 1.54) is 0 Å². The highest BCUT2D eigenvalue weighted by atomic mass is 14.8. The third-order valence-electron chi connectivity index (χ3n) is 5.05. The average Bonchev–Trinajstić information content (AvgIpc) is 3.22.